The highest BCUT2D eigenvalue weighted by atomic mass is 79.9. The third kappa shape index (κ3) is 2.10. The molecule has 1 atom stereocenters. The first-order valence-corrected chi connectivity index (χ1v) is 6.76. The molecule has 0 saturated carbocycles. The summed E-state index contributed by atoms with van der Waals surface area (Å²) in [4.78, 5) is 0. The van der Waals surface area contributed by atoms with Crippen molar-refractivity contribution < 1.29 is 4.42 Å². The van der Waals surface area contributed by atoms with Gasteiger partial charge in [0.15, 0.2) is 5.58 Å². The van der Waals surface area contributed by atoms with Gasteiger partial charge in [0.1, 0.15) is 5.76 Å². The minimum atomic E-state index is 0.119. The van der Waals surface area contributed by atoms with Gasteiger partial charge in [-0.1, -0.05) is 23.2 Å². The Balaban J connectivity index is 2.82. The van der Waals surface area contributed by atoms with E-state index in [-0.39, 0.29) is 6.04 Å². The summed E-state index contributed by atoms with van der Waals surface area (Å²) in [6.07, 6.45) is 0. The van der Waals surface area contributed by atoms with Crippen molar-refractivity contribution >= 4 is 50.1 Å². The van der Waals surface area contributed by atoms with Crippen LogP contribution in [-0.2, 0) is 0 Å². The lowest BCUT2D eigenvalue weighted by molar-refractivity contribution is 0.471. The fourth-order valence-corrected chi connectivity index (χ4v) is 2.95. The minimum absolute atomic E-state index is 0.119. The third-order valence-corrected chi connectivity index (χ3v) is 4.44. The average molecular weight is 337 g/mol. The van der Waals surface area contributed by atoms with Crippen molar-refractivity contribution in [2.75, 3.05) is 7.05 Å². The number of furan rings is 1. The van der Waals surface area contributed by atoms with Crippen molar-refractivity contribution in [2.24, 2.45) is 0 Å². The van der Waals surface area contributed by atoms with Crippen molar-refractivity contribution in [3.63, 3.8) is 0 Å². The van der Waals surface area contributed by atoms with Gasteiger partial charge in [0.2, 0.25) is 0 Å². The molecule has 0 fully saturated rings. The molecule has 92 valence electrons. The summed E-state index contributed by atoms with van der Waals surface area (Å²) >= 11 is 15.8. The molecule has 1 aromatic heterocycles. The number of hydrogen-bond donors (Lipinski definition) is 1. The molecule has 0 spiro atoms. The van der Waals surface area contributed by atoms with Gasteiger partial charge in [0, 0.05) is 15.4 Å². The van der Waals surface area contributed by atoms with Crippen LogP contribution in [0.2, 0.25) is 10.0 Å². The Morgan fingerprint density at radius 3 is 2.65 bits per heavy atom. The maximum Gasteiger partial charge on any atom is 0.154 e. The molecule has 1 heterocycles. The van der Waals surface area contributed by atoms with Crippen molar-refractivity contribution in [1.29, 1.82) is 0 Å². The first kappa shape index (κ1) is 13.2. The predicted molar refractivity (Wildman–Crippen MR) is 76.1 cm³/mol. The largest absolute Gasteiger partial charge is 0.457 e. The maximum atomic E-state index is 6.28. The van der Waals surface area contributed by atoms with Gasteiger partial charge in [0.05, 0.1) is 16.1 Å². The van der Waals surface area contributed by atoms with Crippen molar-refractivity contribution in [3.8, 4) is 0 Å². The molecule has 0 aliphatic rings. The Morgan fingerprint density at radius 2 is 2.06 bits per heavy atom. The molecule has 1 N–H and O–H groups in total. The molecule has 0 bridgehead atoms. The van der Waals surface area contributed by atoms with Crippen LogP contribution in [0, 0.1) is 6.92 Å². The molecule has 0 aliphatic carbocycles. The fraction of sp³-hybridized carbons (Fsp3) is 0.333. The summed E-state index contributed by atoms with van der Waals surface area (Å²) in [6.45, 7) is 4.02. The van der Waals surface area contributed by atoms with Crippen LogP contribution in [0.1, 0.15) is 24.3 Å². The van der Waals surface area contributed by atoms with Gasteiger partial charge in [-0.05, 0) is 42.9 Å². The van der Waals surface area contributed by atoms with Crippen LogP contribution >= 0.6 is 39.1 Å². The number of rotatable bonds is 2. The topological polar surface area (TPSA) is 25.2 Å². The van der Waals surface area contributed by atoms with Gasteiger partial charge in [-0.3, -0.25) is 0 Å². The van der Waals surface area contributed by atoms with Gasteiger partial charge < -0.3 is 9.73 Å². The van der Waals surface area contributed by atoms with Crippen molar-refractivity contribution in [1.82, 2.24) is 5.32 Å². The second kappa shape index (κ2) is 4.81. The molecule has 1 aromatic carbocycles. The van der Waals surface area contributed by atoms with Gasteiger partial charge in [-0.25, -0.2) is 0 Å². The molecule has 2 nitrogen and oxygen atoms in total. The molecule has 0 amide bonds. The summed E-state index contributed by atoms with van der Waals surface area (Å²) < 4.78 is 6.60. The second-order valence-electron chi connectivity index (χ2n) is 3.96. The highest BCUT2D eigenvalue weighted by Crippen LogP contribution is 2.41. The van der Waals surface area contributed by atoms with E-state index >= 15 is 0 Å². The van der Waals surface area contributed by atoms with Gasteiger partial charge >= 0.3 is 0 Å². The zero-order valence-electron chi connectivity index (χ0n) is 9.70. The van der Waals surface area contributed by atoms with Gasteiger partial charge in [-0.15, -0.1) is 0 Å². The molecule has 0 aliphatic heterocycles. The molecule has 17 heavy (non-hydrogen) atoms. The molecule has 2 rings (SSSR count). The van der Waals surface area contributed by atoms with Crippen LogP contribution in [0.3, 0.4) is 0 Å². The fourth-order valence-electron chi connectivity index (χ4n) is 1.87. The van der Waals surface area contributed by atoms with E-state index in [2.05, 4.69) is 21.2 Å². The Morgan fingerprint density at radius 1 is 1.41 bits per heavy atom. The maximum absolute atomic E-state index is 6.28. The molecule has 0 saturated heterocycles. The summed E-state index contributed by atoms with van der Waals surface area (Å²) in [5.41, 5.74) is 1.67. The zero-order chi connectivity index (χ0) is 12.7. The number of halogens is 3. The first-order valence-electron chi connectivity index (χ1n) is 5.21. The van der Waals surface area contributed by atoms with Crippen molar-refractivity contribution in [3.05, 3.63) is 31.9 Å². The van der Waals surface area contributed by atoms with E-state index in [0.29, 0.717) is 15.6 Å². The van der Waals surface area contributed by atoms with E-state index < -0.39 is 0 Å². The van der Waals surface area contributed by atoms with E-state index in [4.69, 9.17) is 27.6 Å². The highest BCUT2D eigenvalue weighted by Gasteiger charge is 2.20. The van der Waals surface area contributed by atoms with Crippen LogP contribution in [0.25, 0.3) is 11.0 Å². The number of benzene rings is 1. The van der Waals surface area contributed by atoms with Crippen LogP contribution in [0.5, 0.6) is 0 Å². The number of nitrogens with one attached hydrogen (secondary N) is 1. The minimum Gasteiger partial charge on any atom is -0.457 e. The van der Waals surface area contributed by atoms with Crippen molar-refractivity contribution in [2.45, 2.75) is 19.9 Å². The van der Waals surface area contributed by atoms with Gasteiger partial charge in [0.25, 0.3) is 0 Å². The summed E-state index contributed by atoms with van der Waals surface area (Å²) in [7, 11) is 1.89. The van der Waals surface area contributed by atoms with E-state index in [0.717, 1.165) is 21.2 Å². The lowest BCUT2D eigenvalue weighted by Crippen LogP contribution is -2.12. The molecular formula is C12H12BrCl2NO. The standard InChI is InChI=1S/C12H12BrCl2NO/c1-5-9-10(15)7(13)4-8(14)12(9)17-11(5)6(2)16-3/h4,6,16H,1-3H3. The lowest BCUT2D eigenvalue weighted by Gasteiger charge is -2.07. The van der Waals surface area contributed by atoms with Crippen LogP contribution < -0.4 is 5.32 Å². The Bertz CT molecular complexity index is 580. The molecule has 2 aromatic rings. The van der Waals surface area contributed by atoms with E-state index in [1.54, 1.807) is 6.07 Å². The number of aryl methyl sites for hydroxylation is 1. The van der Waals surface area contributed by atoms with E-state index in [1.165, 1.54) is 0 Å². The summed E-state index contributed by atoms with van der Waals surface area (Å²) in [6, 6.07) is 1.87. The van der Waals surface area contributed by atoms with Gasteiger partial charge in [-0.2, -0.15) is 0 Å². The SMILES string of the molecule is CNC(C)c1oc2c(Cl)cc(Br)c(Cl)c2c1C. The molecule has 1 unspecified atom stereocenters. The molecule has 5 heteroatoms. The highest BCUT2D eigenvalue weighted by molar-refractivity contribution is 9.10. The predicted octanol–water partition coefficient (Wildman–Crippen LogP) is 5.09. The zero-order valence-corrected chi connectivity index (χ0v) is 12.8. The lowest BCUT2D eigenvalue weighted by atomic mass is 10.1. The monoisotopic (exact) mass is 335 g/mol. The molecular weight excluding hydrogens is 325 g/mol. The summed E-state index contributed by atoms with van der Waals surface area (Å²) in [5.74, 6) is 0.865. The normalized spacial score (nSPS) is 13.3. The van der Waals surface area contributed by atoms with Crippen LogP contribution in [0.15, 0.2) is 15.0 Å². The third-order valence-electron chi connectivity index (χ3n) is 2.91. The Kier molecular flexibility index (Phi) is 3.74. The number of hydrogen-bond acceptors (Lipinski definition) is 2. The Labute approximate surface area is 118 Å². The number of fused-ring (bicyclic) bond motifs is 1. The second-order valence-corrected chi connectivity index (χ2v) is 5.60. The smallest absolute Gasteiger partial charge is 0.154 e. The van der Waals surface area contributed by atoms with Crippen LogP contribution in [0.4, 0.5) is 0 Å². The first-order chi connectivity index (χ1) is 7.97. The quantitative estimate of drug-likeness (QED) is 0.772. The van der Waals surface area contributed by atoms with Crippen LogP contribution in [-0.4, -0.2) is 7.05 Å². The summed E-state index contributed by atoms with van der Waals surface area (Å²) in [5, 5.41) is 5.23. The molecule has 0 radical (unpaired) electrons. The average Bonchev–Trinajstić information content (AvgIpc) is 2.64. The Hall–Kier alpha value is -0.220. The van der Waals surface area contributed by atoms with E-state index in [1.807, 2.05) is 20.9 Å². The van der Waals surface area contributed by atoms with E-state index in [9.17, 15) is 0 Å².